The van der Waals surface area contributed by atoms with Crippen molar-refractivity contribution in [2.75, 3.05) is 11.9 Å². The molecule has 1 aromatic heterocycles. The third kappa shape index (κ3) is 3.60. The summed E-state index contributed by atoms with van der Waals surface area (Å²) >= 11 is 0. The normalized spacial score (nSPS) is 11.1. The van der Waals surface area contributed by atoms with E-state index in [-0.39, 0.29) is 5.75 Å². The summed E-state index contributed by atoms with van der Waals surface area (Å²) in [6.45, 7) is 2.15. The van der Waals surface area contributed by atoms with Crippen molar-refractivity contribution in [1.82, 2.24) is 4.98 Å². The number of amides is 1. The number of nitrogens with one attached hydrogen (secondary N) is 1. The first-order valence-corrected chi connectivity index (χ1v) is 7.42. The molecule has 0 aliphatic rings. The summed E-state index contributed by atoms with van der Waals surface area (Å²) in [5.41, 5.74) is 1.76. The molecule has 0 unspecified atom stereocenters. The number of carbonyl (C=O) groups excluding carboxylic acids is 1. The van der Waals surface area contributed by atoms with E-state index < -0.39 is 11.7 Å². The maximum absolute atomic E-state index is 13.3. The fraction of sp³-hybridized carbons (Fsp3) is 0.111. The molecule has 2 aromatic carbocycles. The van der Waals surface area contributed by atoms with Crippen molar-refractivity contribution in [3.05, 3.63) is 60.2 Å². The van der Waals surface area contributed by atoms with Gasteiger partial charge in [0.15, 0.2) is 5.58 Å². The second kappa shape index (κ2) is 6.95. The largest absolute Gasteiger partial charge is 0.492 e. The van der Waals surface area contributed by atoms with Crippen LogP contribution in [-0.2, 0) is 4.79 Å². The van der Waals surface area contributed by atoms with E-state index in [1.54, 1.807) is 13.0 Å². The summed E-state index contributed by atoms with van der Waals surface area (Å²) in [4.78, 5) is 16.3. The maximum Gasteiger partial charge on any atom is 0.248 e. The number of aromatic nitrogens is 1. The Bertz CT molecular complexity index is 869. The molecule has 0 fully saturated rings. The van der Waals surface area contributed by atoms with Crippen molar-refractivity contribution in [3.63, 3.8) is 0 Å². The lowest BCUT2D eigenvalue weighted by molar-refractivity contribution is -0.111. The number of carbonyl (C=O) groups is 1. The van der Waals surface area contributed by atoms with E-state index in [1.165, 1.54) is 30.4 Å². The number of hydrogen-bond acceptors (Lipinski definition) is 4. The summed E-state index contributed by atoms with van der Waals surface area (Å²) in [6.07, 6.45) is 2.77. The smallest absolute Gasteiger partial charge is 0.248 e. The molecule has 24 heavy (non-hydrogen) atoms. The standard InChI is InChI=1S/C18H15FN2O3/c1-2-23-16-11-12(19)7-8-14(16)20-17(22)9-10-18-21-13-5-3-4-6-15(13)24-18/h3-11H,2H2,1H3,(H,20,22)/b10-9+. The summed E-state index contributed by atoms with van der Waals surface area (Å²) in [5, 5.41) is 2.64. The average Bonchev–Trinajstić information content (AvgIpc) is 2.99. The monoisotopic (exact) mass is 326 g/mol. The molecule has 0 radical (unpaired) electrons. The lowest BCUT2D eigenvalue weighted by atomic mass is 10.2. The van der Waals surface area contributed by atoms with Crippen LogP contribution >= 0.6 is 0 Å². The van der Waals surface area contributed by atoms with Crippen LogP contribution < -0.4 is 10.1 Å². The molecule has 0 bridgehead atoms. The molecule has 0 aliphatic heterocycles. The van der Waals surface area contributed by atoms with Gasteiger partial charge in [0.2, 0.25) is 11.8 Å². The van der Waals surface area contributed by atoms with Gasteiger partial charge in [0.1, 0.15) is 17.1 Å². The Labute approximate surface area is 137 Å². The van der Waals surface area contributed by atoms with Crippen molar-refractivity contribution in [2.24, 2.45) is 0 Å². The number of anilines is 1. The van der Waals surface area contributed by atoms with Gasteiger partial charge >= 0.3 is 0 Å². The average molecular weight is 326 g/mol. The predicted octanol–water partition coefficient (Wildman–Crippen LogP) is 4.02. The highest BCUT2D eigenvalue weighted by Crippen LogP contribution is 2.25. The zero-order valence-electron chi connectivity index (χ0n) is 13.0. The summed E-state index contributed by atoms with van der Waals surface area (Å²) in [6, 6.07) is 11.2. The Hall–Kier alpha value is -3.15. The number of ether oxygens (including phenoxy) is 1. The van der Waals surface area contributed by atoms with Gasteiger partial charge < -0.3 is 14.5 Å². The molecule has 1 N–H and O–H groups in total. The molecule has 0 atom stereocenters. The van der Waals surface area contributed by atoms with Crippen LogP contribution in [0.15, 0.2) is 53.0 Å². The van der Waals surface area contributed by atoms with E-state index in [4.69, 9.17) is 9.15 Å². The number of fused-ring (bicyclic) bond motifs is 1. The SMILES string of the molecule is CCOc1cc(F)ccc1NC(=O)/C=C/c1nc2ccccc2o1. The summed E-state index contributed by atoms with van der Waals surface area (Å²) < 4.78 is 24.1. The molecule has 3 aromatic rings. The highest BCUT2D eigenvalue weighted by Gasteiger charge is 2.08. The molecule has 1 amide bonds. The maximum atomic E-state index is 13.3. The lowest BCUT2D eigenvalue weighted by Gasteiger charge is -2.10. The summed E-state index contributed by atoms with van der Waals surface area (Å²) in [7, 11) is 0. The van der Waals surface area contributed by atoms with E-state index in [9.17, 15) is 9.18 Å². The van der Waals surface area contributed by atoms with Crippen molar-refractivity contribution < 1.29 is 18.3 Å². The van der Waals surface area contributed by atoms with Crippen molar-refractivity contribution in [3.8, 4) is 5.75 Å². The topological polar surface area (TPSA) is 64.4 Å². The van der Waals surface area contributed by atoms with E-state index in [1.807, 2.05) is 18.2 Å². The second-order valence-electron chi connectivity index (χ2n) is 4.92. The van der Waals surface area contributed by atoms with Gasteiger partial charge in [-0.1, -0.05) is 12.1 Å². The summed E-state index contributed by atoms with van der Waals surface area (Å²) in [5.74, 6) is -0.222. The van der Waals surface area contributed by atoms with Crippen LogP contribution in [0, 0.1) is 5.82 Å². The highest BCUT2D eigenvalue weighted by molar-refractivity contribution is 6.02. The number of rotatable bonds is 5. The van der Waals surface area contributed by atoms with E-state index in [0.717, 1.165) is 5.52 Å². The highest BCUT2D eigenvalue weighted by atomic mass is 19.1. The zero-order chi connectivity index (χ0) is 16.9. The van der Waals surface area contributed by atoms with Gasteiger partial charge in [0.25, 0.3) is 0 Å². The number of hydrogen-bond donors (Lipinski definition) is 1. The number of benzene rings is 2. The van der Waals surface area contributed by atoms with Gasteiger partial charge in [-0.25, -0.2) is 9.37 Å². The molecule has 3 rings (SSSR count). The minimum atomic E-state index is -0.432. The Morgan fingerprint density at radius 2 is 2.17 bits per heavy atom. The fourth-order valence-corrected chi connectivity index (χ4v) is 2.16. The number of oxazole rings is 1. The minimum absolute atomic E-state index is 0.279. The van der Waals surface area contributed by atoms with Gasteiger partial charge in [-0.3, -0.25) is 4.79 Å². The first-order valence-electron chi connectivity index (χ1n) is 7.42. The first kappa shape index (κ1) is 15.7. The van der Waals surface area contributed by atoms with Crippen LogP contribution in [0.3, 0.4) is 0 Å². The molecule has 6 heteroatoms. The molecule has 0 saturated carbocycles. The van der Waals surface area contributed by atoms with Crippen molar-refractivity contribution >= 4 is 28.8 Å². The zero-order valence-corrected chi connectivity index (χ0v) is 13.0. The fourth-order valence-electron chi connectivity index (χ4n) is 2.16. The quantitative estimate of drug-likeness (QED) is 0.719. The molecule has 122 valence electrons. The minimum Gasteiger partial charge on any atom is -0.492 e. The van der Waals surface area contributed by atoms with Crippen LogP contribution in [0.1, 0.15) is 12.8 Å². The molecule has 1 heterocycles. The number of para-hydroxylation sites is 2. The van der Waals surface area contributed by atoms with Gasteiger partial charge in [-0.15, -0.1) is 0 Å². The van der Waals surface area contributed by atoms with E-state index >= 15 is 0 Å². The molecule has 0 aliphatic carbocycles. The van der Waals surface area contributed by atoms with Crippen LogP contribution in [0.4, 0.5) is 10.1 Å². The molecule has 0 spiro atoms. The Balaban J connectivity index is 1.73. The third-order valence-corrected chi connectivity index (χ3v) is 3.19. The van der Waals surface area contributed by atoms with Gasteiger partial charge in [-0.05, 0) is 31.2 Å². The Morgan fingerprint density at radius 3 is 2.96 bits per heavy atom. The van der Waals surface area contributed by atoms with Crippen molar-refractivity contribution in [2.45, 2.75) is 6.92 Å². The van der Waals surface area contributed by atoms with Crippen LogP contribution in [0.5, 0.6) is 5.75 Å². The molecular formula is C18H15FN2O3. The van der Waals surface area contributed by atoms with E-state index in [0.29, 0.717) is 23.8 Å². The molecular weight excluding hydrogens is 311 g/mol. The van der Waals surface area contributed by atoms with E-state index in [2.05, 4.69) is 10.3 Å². The Kier molecular flexibility index (Phi) is 4.56. The lowest BCUT2D eigenvalue weighted by Crippen LogP contribution is -2.09. The van der Waals surface area contributed by atoms with Crippen LogP contribution in [-0.4, -0.2) is 17.5 Å². The van der Waals surface area contributed by atoms with Crippen LogP contribution in [0.25, 0.3) is 17.2 Å². The van der Waals surface area contributed by atoms with Gasteiger partial charge in [0.05, 0.1) is 12.3 Å². The second-order valence-corrected chi connectivity index (χ2v) is 4.92. The number of nitrogens with zero attached hydrogens (tertiary/aromatic N) is 1. The van der Waals surface area contributed by atoms with Crippen LogP contribution in [0.2, 0.25) is 0 Å². The molecule has 5 nitrogen and oxygen atoms in total. The van der Waals surface area contributed by atoms with Gasteiger partial charge in [-0.2, -0.15) is 0 Å². The first-order chi connectivity index (χ1) is 11.7. The third-order valence-electron chi connectivity index (χ3n) is 3.19. The Morgan fingerprint density at radius 1 is 1.33 bits per heavy atom. The number of halogens is 1. The van der Waals surface area contributed by atoms with Crippen molar-refractivity contribution in [1.29, 1.82) is 0 Å². The van der Waals surface area contributed by atoms with Gasteiger partial charge in [0, 0.05) is 18.2 Å². The molecule has 0 saturated heterocycles. The predicted molar refractivity (Wildman–Crippen MR) is 89.2 cm³/mol.